The molecule has 0 aromatic heterocycles. The number of hydrogen-bond donors (Lipinski definition) is 1. The summed E-state index contributed by atoms with van der Waals surface area (Å²) in [5.41, 5.74) is 6.09. The molecule has 2 heteroatoms. The molecule has 0 aromatic rings. The lowest BCUT2D eigenvalue weighted by Crippen LogP contribution is -2.40. The first-order valence-corrected chi connectivity index (χ1v) is 5.13. The van der Waals surface area contributed by atoms with E-state index in [2.05, 4.69) is 0 Å². The summed E-state index contributed by atoms with van der Waals surface area (Å²) in [6.45, 7) is 0. The van der Waals surface area contributed by atoms with Gasteiger partial charge in [0.15, 0.2) is 0 Å². The molecule has 0 bridgehead atoms. The summed E-state index contributed by atoms with van der Waals surface area (Å²) >= 11 is 0. The van der Waals surface area contributed by atoms with E-state index in [1.807, 2.05) is 0 Å². The quantitative estimate of drug-likeness (QED) is 0.623. The van der Waals surface area contributed by atoms with Crippen LogP contribution in [0.5, 0.6) is 0 Å². The van der Waals surface area contributed by atoms with E-state index in [1.54, 1.807) is 0 Å². The first-order chi connectivity index (χ1) is 5.38. The molecule has 3 atom stereocenters. The second-order valence-corrected chi connectivity index (χ2v) is 4.30. The van der Waals surface area contributed by atoms with E-state index in [-0.39, 0.29) is 12.4 Å². The van der Waals surface area contributed by atoms with E-state index in [4.69, 9.17) is 5.73 Å². The molecule has 0 aliphatic heterocycles. The van der Waals surface area contributed by atoms with Gasteiger partial charge in [0.1, 0.15) is 0 Å². The van der Waals surface area contributed by atoms with Gasteiger partial charge in [-0.25, -0.2) is 0 Å². The second kappa shape index (κ2) is 4.48. The van der Waals surface area contributed by atoms with Crippen LogP contribution >= 0.6 is 12.4 Å². The SMILES string of the molecule is Cl.NC1CCCC2CCCCC12. The number of fused-ring (bicyclic) bond motifs is 1. The number of nitrogens with two attached hydrogens (primary N) is 1. The first-order valence-electron chi connectivity index (χ1n) is 5.13. The minimum atomic E-state index is 0. The predicted molar refractivity (Wildman–Crippen MR) is 54.5 cm³/mol. The standard InChI is InChI=1S/C10H19N.ClH/c11-10-7-3-5-8-4-1-2-6-9(8)10;/h8-10H,1-7,11H2;1H. The van der Waals surface area contributed by atoms with Crippen molar-refractivity contribution in [1.29, 1.82) is 0 Å². The zero-order valence-corrected chi connectivity index (χ0v) is 8.48. The summed E-state index contributed by atoms with van der Waals surface area (Å²) in [7, 11) is 0. The van der Waals surface area contributed by atoms with Crippen molar-refractivity contribution in [1.82, 2.24) is 0 Å². The van der Waals surface area contributed by atoms with Crippen LogP contribution < -0.4 is 5.73 Å². The van der Waals surface area contributed by atoms with Gasteiger partial charge < -0.3 is 5.73 Å². The van der Waals surface area contributed by atoms with Crippen molar-refractivity contribution < 1.29 is 0 Å². The van der Waals surface area contributed by atoms with E-state index >= 15 is 0 Å². The highest BCUT2D eigenvalue weighted by molar-refractivity contribution is 5.85. The number of rotatable bonds is 0. The maximum Gasteiger partial charge on any atom is 0.00698 e. The van der Waals surface area contributed by atoms with E-state index in [0.717, 1.165) is 11.8 Å². The Balaban J connectivity index is 0.000000720. The topological polar surface area (TPSA) is 26.0 Å². The molecule has 3 unspecified atom stereocenters. The molecule has 0 spiro atoms. The monoisotopic (exact) mass is 189 g/mol. The molecule has 0 saturated heterocycles. The molecule has 2 aliphatic carbocycles. The van der Waals surface area contributed by atoms with Crippen LogP contribution in [0.1, 0.15) is 44.9 Å². The lowest BCUT2D eigenvalue weighted by molar-refractivity contribution is 0.146. The van der Waals surface area contributed by atoms with Crippen LogP contribution in [0.25, 0.3) is 0 Å². The Morgan fingerprint density at radius 3 is 2.25 bits per heavy atom. The van der Waals surface area contributed by atoms with Crippen molar-refractivity contribution in [3.63, 3.8) is 0 Å². The molecule has 2 aliphatic rings. The highest BCUT2D eigenvalue weighted by atomic mass is 35.5. The molecule has 2 N–H and O–H groups in total. The molecule has 12 heavy (non-hydrogen) atoms. The van der Waals surface area contributed by atoms with Crippen molar-refractivity contribution in [3.8, 4) is 0 Å². The third-order valence-corrected chi connectivity index (χ3v) is 3.63. The molecule has 0 aromatic carbocycles. The smallest absolute Gasteiger partial charge is 0.00698 e. The Bertz CT molecular complexity index is 136. The van der Waals surface area contributed by atoms with Crippen LogP contribution in [-0.2, 0) is 0 Å². The van der Waals surface area contributed by atoms with Crippen molar-refractivity contribution in [3.05, 3.63) is 0 Å². The van der Waals surface area contributed by atoms with Gasteiger partial charge in [0.2, 0.25) is 0 Å². The molecule has 72 valence electrons. The van der Waals surface area contributed by atoms with Gasteiger partial charge >= 0.3 is 0 Å². The third kappa shape index (κ3) is 1.94. The van der Waals surface area contributed by atoms with Gasteiger partial charge in [-0.15, -0.1) is 12.4 Å². The zero-order valence-electron chi connectivity index (χ0n) is 7.67. The molecule has 2 fully saturated rings. The summed E-state index contributed by atoms with van der Waals surface area (Å²) in [4.78, 5) is 0. The van der Waals surface area contributed by atoms with Gasteiger partial charge in [-0.3, -0.25) is 0 Å². The summed E-state index contributed by atoms with van der Waals surface area (Å²) in [6, 6.07) is 0.550. The van der Waals surface area contributed by atoms with Gasteiger partial charge in [0, 0.05) is 6.04 Å². The van der Waals surface area contributed by atoms with E-state index in [1.165, 1.54) is 44.9 Å². The van der Waals surface area contributed by atoms with Crippen LogP contribution in [0.3, 0.4) is 0 Å². The Morgan fingerprint density at radius 1 is 0.833 bits per heavy atom. The predicted octanol–water partition coefficient (Wildman–Crippen LogP) is 2.73. The normalized spacial score (nSPS) is 41.2. The van der Waals surface area contributed by atoms with Gasteiger partial charge in [-0.05, 0) is 24.7 Å². The maximum absolute atomic E-state index is 6.09. The fourth-order valence-corrected chi connectivity index (χ4v) is 2.99. The maximum atomic E-state index is 6.09. The minimum absolute atomic E-state index is 0. The van der Waals surface area contributed by atoms with Gasteiger partial charge in [0.05, 0.1) is 0 Å². The minimum Gasteiger partial charge on any atom is -0.327 e. The molecule has 2 saturated carbocycles. The highest BCUT2D eigenvalue weighted by Crippen LogP contribution is 2.39. The molecular weight excluding hydrogens is 170 g/mol. The summed E-state index contributed by atoms with van der Waals surface area (Å²) < 4.78 is 0. The third-order valence-electron chi connectivity index (χ3n) is 3.63. The van der Waals surface area contributed by atoms with Crippen molar-refractivity contribution in [2.75, 3.05) is 0 Å². The lowest BCUT2D eigenvalue weighted by Gasteiger charge is -2.39. The van der Waals surface area contributed by atoms with Crippen LogP contribution in [0.4, 0.5) is 0 Å². The average Bonchev–Trinajstić information content (AvgIpc) is 2.06. The Hall–Kier alpha value is 0.250. The van der Waals surface area contributed by atoms with Gasteiger partial charge in [-0.2, -0.15) is 0 Å². The van der Waals surface area contributed by atoms with Crippen LogP contribution in [0.15, 0.2) is 0 Å². The van der Waals surface area contributed by atoms with Crippen LogP contribution in [-0.4, -0.2) is 6.04 Å². The van der Waals surface area contributed by atoms with Crippen molar-refractivity contribution in [2.24, 2.45) is 17.6 Å². The van der Waals surface area contributed by atoms with Crippen molar-refractivity contribution >= 4 is 12.4 Å². The zero-order chi connectivity index (χ0) is 7.68. The fraction of sp³-hybridized carbons (Fsp3) is 1.00. The van der Waals surface area contributed by atoms with Crippen LogP contribution in [0.2, 0.25) is 0 Å². The number of halogens is 1. The summed E-state index contributed by atoms with van der Waals surface area (Å²) in [5, 5.41) is 0. The number of hydrogen-bond acceptors (Lipinski definition) is 1. The molecule has 2 rings (SSSR count). The first kappa shape index (κ1) is 10.3. The average molecular weight is 190 g/mol. The Morgan fingerprint density at radius 2 is 1.50 bits per heavy atom. The van der Waals surface area contributed by atoms with E-state index < -0.39 is 0 Å². The molecule has 1 nitrogen and oxygen atoms in total. The van der Waals surface area contributed by atoms with E-state index in [9.17, 15) is 0 Å². The highest BCUT2D eigenvalue weighted by Gasteiger charge is 2.32. The lowest BCUT2D eigenvalue weighted by atomic mass is 9.69. The largest absolute Gasteiger partial charge is 0.327 e. The Kier molecular flexibility index (Phi) is 3.85. The van der Waals surface area contributed by atoms with Crippen LogP contribution in [0, 0.1) is 11.8 Å². The van der Waals surface area contributed by atoms with Gasteiger partial charge in [0.25, 0.3) is 0 Å². The second-order valence-electron chi connectivity index (χ2n) is 4.30. The molecule has 0 heterocycles. The van der Waals surface area contributed by atoms with Crippen molar-refractivity contribution in [2.45, 2.75) is 51.0 Å². The Labute approximate surface area is 81.5 Å². The molecule has 0 amide bonds. The molecule has 0 radical (unpaired) electrons. The van der Waals surface area contributed by atoms with E-state index in [0.29, 0.717) is 6.04 Å². The van der Waals surface area contributed by atoms with Gasteiger partial charge in [-0.1, -0.05) is 32.1 Å². The summed E-state index contributed by atoms with van der Waals surface area (Å²) in [6.07, 6.45) is 9.95. The fourth-order valence-electron chi connectivity index (χ4n) is 2.99. The summed E-state index contributed by atoms with van der Waals surface area (Å²) in [5.74, 6) is 1.91. The molecular formula is C10H20ClN.